The molecule has 0 unspecified atom stereocenters. The van der Waals surface area contributed by atoms with Crippen molar-refractivity contribution in [3.63, 3.8) is 0 Å². The van der Waals surface area contributed by atoms with Crippen LogP contribution in [0.15, 0.2) is 0 Å². The van der Waals surface area contributed by atoms with E-state index >= 15 is 4.39 Å². The molecule has 1 aliphatic rings. The van der Waals surface area contributed by atoms with Gasteiger partial charge in [-0.05, 0) is 16.6 Å². The molecule has 0 aliphatic heterocycles. The van der Waals surface area contributed by atoms with E-state index in [-0.39, 0.29) is 16.6 Å². The average molecular weight is 500 g/mol. The topological polar surface area (TPSA) is 9.23 Å². The van der Waals surface area contributed by atoms with Crippen LogP contribution in [-0.4, -0.2) is 8.32 Å². The zero-order valence-corrected chi connectivity index (χ0v) is 19.5. The molecule has 3 rings (SSSR count). The summed E-state index contributed by atoms with van der Waals surface area (Å²) in [5.74, 6) is -22.6. The molecule has 0 heterocycles. The van der Waals surface area contributed by atoms with Crippen molar-refractivity contribution in [1.82, 2.24) is 0 Å². The molecule has 0 spiro atoms. The smallest absolute Gasteiger partial charge is 0.305 e. The largest absolute Gasteiger partial charge is 0.539 e. The van der Waals surface area contributed by atoms with Crippen molar-refractivity contribution in [2.45, 2.75) is 64.1 Å². The third-order valence-electron chi connectivity index (χ3n) is 6.41. The van der Waals surface area contributed by atoms with E-state index in [9.17, 15) is 35.1 Å². The second-order valence-corrected chi connectivity index (χ2v) is 14.4. The molecule has 0 saturated carbocycles. The Bertz CT molecular complexity index is 1120. The monoisotopic (exact) mass is 500 g/mol. The number of hydrogen-bond donors (Lipinski definition) is 0. The molecule has 0 bridgehead atoms. The Kier molecular flexibility index (Phi) is 6.13. The van der Waals surface area contributed by atoms with E-state index < -0.39 is 83.0 Å². The lowest BCUT2D eigenvalue weighted by atomic mass is 10.0. The van der Waals surface area contributed by atoms with Crippen molar-refractivity contribution in [2.75, 3.05) is 0 Å². The average Bonchev–Trinajstić information content (AvgIpc) is 2.96. The third-order valence-corrected chi connectivity index (χ3v) is 12.4. The van der Waals surface area contributed by atoms with Crippen molar-refractivity contribution in [1.29, 1.82) is 0 Å². The van der Waals surface area contributed by atoms with Crippen molar-refractivity contribution in [3.05, 3.63) is 51.8 Å². The van der Waals surface area contributed by atoms with Crippen molar-refractivity contribution in [2.24, 2.45) is 0 Å². The van der Waals surface area contributed by atoms with Gasteiger partial charge in [-0.25, -0.2) is 26.3 Å². The highest BCUT2D eigenvalue weighted by Crippen LogP contribution is 2.58. The number of hydrogen-bond acceptors (Lipinski definition) is 1. The SMILES string of the molecule is CC(C)[Si](Oc1c(F)c(F)c2c(c1F)-c1c(F)c(F)c(F)c(F)c1C2(F)F)(C(C)C)C(C)C. The predicted octanol–water partition coefficient (Wildman–Crippen LogP) is 8.34. The normalized spacial score (nSPS) is 15.0. The van der Waals surface area contributed by atoms with E-state index in [0.29, 0.717) is 0 Å². The molecule has 0 amide bonds. The summed E-state index contributed by atoms with van der Waals surface area (Å²) in [4.78, 5) is 0. The molecule has 0 saturated heterocycles. The minimum Gasteiger partial charge on any atom is -0.539 e. The molecule has 0 fully saturated rings. The van der Waals surface area contributed by atoms with E-state index in [1.807, 2.05) is 0 Å². The maximum Gasteiger partial charge on any atom is 0.305 e. The van der Waals surface area contributed by atoms with Gasteiger partial charge in [-0.15, -0.1) is 0 Å². The summed E-state index contributed by atoms with van der Waals surface area (Å²) in [7, 11) is -3.19. The van der Waals surface area contributed by atoms with Gasteiger partial charge in [0.1, 0.15) is 0 Å². The van der Waals surface area contributed by atoms with Crippen LogP contribution in [0.25, 0.3) is 11.1 Å². The van der Waals surface area contributed by atoms with Gasteiger partial charge in [-0.2, -0.15) is 13.2 Å². The van der Waals surface area contributed by atoms with E-state index in [2.05, 4.69) is 0 Å². The Hall–Kier alpha value is -2.17. The second kappa shape index (κ2) is 7.95. The fourth-order valence-electron chi connectivity index (χ4n) is 5.07. The molecule has 1 nitrogen and oxygen atoms in total. The second-order valence-electron chi connectivity index (χ2n) is 9.02. The first-order valence-corrected chi connectivity index (χ1v) is 12.3. The van der Waals surface area contributed by atoms with Gasteiger partial charge >= 0.3 is 5.92 Å². The summed E-state index contributed by atoms with van der Waals surface area (Å²) >= 11 is 0. The van der Waals surface area contributed by atoms with E-state index in [4.69, 9.17) is 4.43 Å². The van der Waals surface area contributed by atoms with Crippen LogP contribution in [0.1, 0.15) is 52.7 Å². The summed E-state index contributed by atoms with van der Waals surface area (Å²) in [5.41, 5.74) is -8.33. The van der Waals surface area contributed by atoms with Crippen LogP contribution < -0.4 is 4.43 Å². The maximum atomic E-state index is 15.6. The molecule has 0 radical (unpaired) electrons. The molecule has 182 valence electrons. The lowest BCUT2D eigenvalue weighted by Crippen LogP contribution is -2.51. The molecule has 11 heteroatoms. The van der Waals surface area contributed by atoms with Crippen LogP contribution in [0.4, 0.5) is 39.5 Å². The molecule has 33 heavy (non-hydrogen) atoms. The van der Waals surface area contributed by atoms with E-state index in [1.54, 1.807) is 41.5 Å². The fourth-order valence-corrected chi connectivity index (χ4v) is 10.3. The zero-order valence-electron chi connectivity index (χ0n) is 18.5. The zero-order chi connectivity index (χ0) is 25.4. The first-order valence-electron chi connectivity index (χ1n) is 10.2. The van der Waals surface area contributed by atoms with Crippen molar-refractivity contribution < 1.29 is 43.9 Å². The number of halogens is 9. The first kappa shape index (κ1) is 25.4. The van der Waals surface area contributed by atoms with Crippen LogP contribution >= 0.6 is 0 Å². The number of rotatable bonds is 5. The highest BCUT2D eigenvalue weighted by Gasteiger charge is 2.56. The van der Waals surface area contributed by atoms with Gasteiger partial charge in [0.25, 0.3) is 8.32 Å². The lowest BCUT2D eigenvalue weighted by molar-refractivity contribution is 0.0383. The van der Waals surface area contributed by atoms with Crippen molar-refractivity contribution >= 4 is 8.32 Å². The first-order chi connectivity index (χ1) is 15.0. The minimum absolute atomic E-state index is 0.290. The Morgan fingerprint density at radius 3 is 1.33 bits per heavy atom. The molecule has 2 aromatic rings. The molecule has 0 N–H and O–H groups in total. The Balaban J connectivity index is 2.46. The van der Waals surface area contributed by atoms with Crippen molar-refractivity contribution in [3.8, 4) is 16.9 Å². The van der Waals surface area contributed by atoms with Gasteiger partial charge in [0.2, 0.25) is 5.82 Å². The molecular formula is C22H21F9OSi. The summed E-state index contributed by atoms with van der Waals surface area (Å²) in [5, 5.41) is 0. The summed E-state index contributed by atoms with van der Waals surface area (Å²) in [6.45, 7) is 10.3. The van der Waals surface area contributed by atoms with Gasteiger partial charge < -0.3 is 4.43 Å². The summed E-state index contributed by atoms with van der Waals surface area (Å²) in [6, 6.07) is 0. The quantitative estimate of drug-likeness (QED) is 0.174. The number of benzene rings is 2. The molecule has 1 aliphatic carbocycles. The Morgan fingerprint density at radius 1 is 0.545 bits per heavy atom. The van der Waals surface area contributed by atoms with Gasteiger partial charge in [0, 0.05) is 11.1 Å². The fraction of sp³-hybridized carbons (Fsp3) is 0.455. The number of alkyl halides is 2. The Morgan fingerprint density at radius 2 is 0.909 bits per heavy atom. The van der Waals surface area contributed by atoms with Crippen LogP contribution in [0.5, 0.6) is 5.75 Å². The van der Waals surface area contributed by atoms with Crippen LogP contribution in [0, 0.1) is 40.7 Å². The highest BCUT2D eigenvalue weighted by molar-refractivity contribution is 6.78. The maximum absolute atomic E-state index is 15.6. The van der Waals surface area contributed by atoms with Crippen LogP contribution in [-0.2, 0) is 5.92 Å². The van der Waals surface area contributed by atoms with Crippen LogP contribution in [0.3, 0.4) is 0 Å². The van der Waals surface area contributed by atoms with Gasteiger partial charge in [-0.3, -0.25) is 0 Å². The molecular weight excluding hydrogens is 479 g/mol. The van der Waals surface area contributed by atoms with E-state index in [0.717, 1.165) is 0 Å². The summed E-state index contributed by atoms with van der Waals surface area (Å²) in [6.07, 6.45) is 0. The van der Waals surface area contributed by atoms with Gasteiger partial charge in [0.05, 0.1) is 11.1 Å². The van der Waals surface area contributed by atoms with Gasteiger partial charge in [-0.1, -0.05) is 41.5 Å². The van der Waals surface area contributed by atoms with Gasteiger partial charge in [0.15, 0.2) is 40.7 Å². The molecule has 0 atom stereocenters. The lowest BCUT2D eigenvalue weighted by Gasteiger charge is -2.42. The van der Waals surface area contributed by atoms with E-state index in [1.165, 1.54) is 0 Å². The predicted molar refractivity (Wildman–Crippen MR) is 106 cm³/mol. The highest BCUT2D eigenvalue weighted by atomic mass is 28.4. The van der Waals surface area contributed by atoms with Crippen LogP contribution in [0.2, 0.25) is 16.6 Å². The molecule has 0 aromatic heterocycles. The Labute approximate surface area is 185 Å². The minimum atomic E-state index is -4.88. The third kappa shape index (κ3) is 3.21. The summed E-state index contributed by atoms with van der Waals surface area (Å²) < 4.78 is 137. The molecule has 2 aromatic carbocycles. The standard InChI is InChI=1S/C22H21F9OSi/c1-7(2)33(8(3)4,9(5)6)32-21-15(24)11-10-12(16(25)19(28)18(27)14(10)23)22(30,31)13(11)17(26)20(21)29/h7-9H,1-6H3. The number of fused-ring (bicyclic) bond motifs is 3.